The van der Waals surface area contributed by atoms with E-state index >= 15 is 0 Å². The minimum absolute atomic E-state index is 0.274. The Bertz CT molecular complexity index is 390. The van der Waals surface area contributed by atoms with Crippen LogP contribution in [-0.2, 0) is 6.42 Å². The van der Waals surface area contributed by atoms with Crippen LogP contribution in [-0.4, -0.2) is 14.0 Å². The molecule has 0 aliphatic heterocycles. The largest absolute Gasteiger partial charge is 0.366 e. The molecular weight excluding hydrogens is 234 g/mol. The first-order valence-corrected chi connectivity index (χ1v) is 9.96. The van der Waals surface area contributed by atoms with E-state index < -0.39 is 8.07 Å². The second kappa shape index (κ2) is 4.71. The number of carbonyl (C=O) groups excluding carboxylic acids is 1. The van der Waals surface area contributed by atoms with Crippen LogP contribution in [0.3, 0.4) is 0 Å². The number of primary amides is 1. The van der Waals surface area contributed by atoms with E-state index in [0.717, 1.165) is 12.0 Å². The molecule has 16 heavy (non-hydrogen) atoms. The fourth-order valence-electron chi connectivity index (χ4n) is 1.69. The Labute approximate surface area is 103 Å². The third-order valence-corrected chi connectivity index (χ3v) is 7.08. The summed E-state index contributed by atoms with van der Waals surface area (Å²) in [6.07, 6.45) is 1.04. The summed E-state index contributed by atoms with van der Waals surface area (Å²) in [6, 6.07) is 2.00. The van der Waals surface area contributed by atoms with Crippen LogP contribution in [0.5, 0.6) is 0 Å². The molecule has 0 aromatic carbocycles. The van der Waals surface area contributed by atoms with Gasteiger partial charge in [0.05, 0.1) is 8.07 Å². The van der Waals surface area contributed by atoms with Gasteiger partial charge in [0.15, 0.2) is 0 Å². The first-order chi connectivity index (χ1) is 7.21. The highest BCUT2D eigenvalue weighted by Gasteiger charge is 2.25. The fourth-order valence-corrected chi connectivity index (χ4v) is 5.43. The van der Waals surface area contributed by atoms with Crippen molar-refractivity contribution >= 4 is 29.8 Å². The van der Waals surface area contributed by atoms with E-state index in [1.165, 1.54) is 9.38 Å². The van der Waals surface area contributed by atoms with Crippen molar-refractivity contribution in [2.24, 2.45) is 11.7 Å². The van der Waals surface area contributed by atoms with Crippen LogP contribution >= 0.6 is 11.3 Å². The van der Waals surface area contributed by atoms with Crippen molar-refractivity contribution in [3.8, 4) is 0 Å². The van der Waals surface area contributed by atoms with Gasteiger partial charge in [-0.15, -0.1) is 11.3 Å². The van der Waals surface area contributed by atoms with Crippen molar-refractivity contribution in [2.45, 2.75) is 39.9 Å². The number of nitrogens with two attached hydrogens (primary N) is 1. The lowest BCUT2D eigenvalue weighted by Crippen LogP contribution is -2.39. The number of rotatable bonds is 4. The first kappa shape index (κ1) is 13.5. The number of amides is 1. The maximum atomic E-state index is 11.4. The molecule has 1 aromatic rings. The summed E-state index contributed by atoms with van der Waals surface area (Å²) in [5, 5.41) is 0. The number of carbonyl (C=O) groups is 1. The molecule has 2 N–H and O–H groups in total. The van der Waals surface area contributed by atoms with E-state index in [1.54, 1.807) is 11.3 Å². The Morgan fingerprint density at radius 3 is 2.31 bits per heavy atom. The topological polar surface area (TPSA) is 43.1 Å². The summed E-state index contributed by atoms with van der Waals surface area (Å²) >= 11 is 1.78. The predicted octanol–water partition coefficient (Wildman–Crippen LogP) is 2.59. The van der Waals surface area contributed by atoms with Crippen molar-refractivity contribution in [3.63, 3.8) is 0 Å². The highest BCUT2D eigenvalue weighted by molar-refractivity contribution is 7.27. The molecule has 1 aromatic heterocycles. The van der Waals surface area contributed by atoms with Crippen LogP contribution in [0.25, 0.3) is 0 Å². The monoisotopic (exact) mass is 255 g/mol. The molecule has 4 heteroatoms. The second-order valence-corrected chi connectivity index (χ2v) is 12.2. The number of hydrogen-bond donors (Lipinski definition) is 1. The molecule has 1 heterocycles. The Morgan fingerprint density at radius 2 is 2.00 bits per heavy atom. The van der Waals surface area contributed by atoms with Crippen LogP contribution in [0, 0.1) is 5.92 Å². The van der Waals surface area contributed by atoms with E-state index in [-0.39, 0.29) is 5.91 Å². The Kier molecular flexibility index (Phi) is 3.96. The third-order valence-electron chi connectivity index (χ3n) is 2.34. The van der Waals surface area contributed by atoms with Crippen LogP contribution in [0.4, 0.5) is 0 Å². The predicted molar refractivity (Wildman–Crippen MR) is 74.4 cm³/mol. The average molecular weight is 255 g/mol. The van der Waals surface area contributed by atoms with Gasteiger partial charge in [0.2, 0.25) is 5.91 Å². The molecule has 0 aliphatic rings. The molecule has 0 radical (unpaired) electrons. The van der Waals surface area contributed by atoms with Gasteiger partial charge in [-0.1, -0.05) is 33.5 Å². The van der Waals surface area contributed by atoms with Crippen molar-refractivity contribution in [2.75, 3.05) is 0 Å². The summed E-state index contributed by atoms with van der Waals surface area (Å²) < 4.78 is 1.25. The lowest BCUT2D eigenvalue weighted by atomic mass is 10.1. The molecule has 1 amide bonds. The maximum Gasteiger partial charge on any atom is 0.249 e. The van der Waals surface area contributed by atoms with Gasteiger partial charge in [-0.2, -0.15) is 0 Å². The molecule has 90 valence electrons. The normalized spacial score (nSPS) is 12.1. The molecule has 0 fully saturated rings. The van der Waals surface area contributed by atoms with Gasteiger partial charge >= 0.3 is 0 Å². The molecule has 0 saturated carbocycles. The summed E-state index contributed by atoms with van der Waals surface area (Å²) in [5.74, 6) is 0.345. The molecule has 0 atom stereocenters. The van der Waals surface area contributed by atoms with Crippen LogP contribution in [0.2, 0.25) is 19.6 Å². The number of hydrogen-bond acceptors (Lipinski definition) is 2. The maximum absolute atomic E-state index is 11.4. The quantitative estimate of drug-likeness (QED) is 0.826. The zero-order valence-electron chi connectivity index (χ0n) is 10.8. The minimum Gasteiger partial charge on any atom is -0.366 e. The molecule has 1 rings (SSSR count). The highest BCUT2D eigenvalue weighted by Crippen LogP contribution is 2.20. The van der Waals surface area contributed by atoms with E-state index in [4.69, 9.17) is 5.73 Å². The van der Waals surface area contributed by atoms with Gasteiger partial charge < -0.3 is 5.73 Å². The van der Waals surface area contributed by atoms with E-state index in [2.05, 4.69) is 33.5 Å². The first-order valence-electron chi connectivity index (χ1n) is 5.64. The van der Waals surface area contributed by atoms with Gasteiger partial charge in [-0.3, -0.25) is 4.79 Å². The average Bonchev–Trinajstić information content (AvgIpc) is 2.45. The van der Waals surface area contributed by atoms with E-state index in [1.807, 2.05) is 6.07 Å². The highest BCUT2D eigenvalue weighted by atomic mass is 32.1. The van der Waals surface area contributed by atoms with Crippen molar-refractivity contribution in [3.05, 3.63) is 16.5 Å². The van der Waals surface area contributed by atoms with Gasteiger partial charge in [-0.25, -0.2) is 0 Å². The molecule has 0 unspecified atom stereocenters. The Balaban J connectivity index is 3.16. The van der Waals surface area contributed by atoms with Crippen LogP contribution < -0.4 is 10.2 Å². The zero-order valence-corrected chi connectivity index (χ0v) is 12.6. The van der Waals surface area contributed by atoms with Crippen LogP contribution in [0.1, 0.15) is 29.1 Å². The lowest BCUT2D eigenvalue weighted by molar-refractivity contribution is 0.100. The van der Waals surface area contributed by atoms with Crippen molar-refractivity contribution in [1.29, 1.82) is 0 Å². The van der Waals surface area contributed by atoms with Crippen molar-refractivity contribution < 1.29 is 4.79 Å². The van der Waals surface area contributed by atoms with E-state index in [9.17, 15) is 4.79 Å². The van der Waals surface area contributed by atoms with Crippen molar-refractivity contribution in [1.82, 2.24) is 0 Å². The molecule has 0 aliphatic carbocycles. The Hall–Kier alpha value is -0.613. The van der Waals surface area contributed by atoms with Gasteiger partial charge in [0.1, 0.15) is 0 Å². The minimum atomic E-state index is -1.45. The Morgan fingerprint density at radius 1 is 1.44 bits per heavy atom. The molecule has 2 nitrogen and oxygen atoms in total. The SMILES string of the molecule is CC(C)Cc1cc(C(N)=O)c([Si](C)(C)C)s1. The van der Waals surface area contributed by atoms with Gasteiger partial charge in [0.25, 0.3) is 0 Å². The van der Waals surface area contributed by atoms with Gasteiger partial charge in [0, 0.05) is 14.9 Å². The molecular formula is C12H21NOSSi. The summed E-state index contributed by atoms with van der Waals surface area (Å²) in [5.41, 5.74) is 6.21. The smallest absolute Gasteiger partial charge is 0.249 e. The van der Waals surface area contributed by atoms with Crippen LogP contribution in [0.15, 0.2) is 6.07 Å². The lowest BCUT2D eigenvalue weighted by Gasteiger charge is -2.15. The zero-order chi connectivity index (χ0) is 12.5. The van der Waals surface area contributed by atoms with Gasteiger partial charge in [-0.05, 0) is 18.4 Å². The number of thiophene rings is 1. The second-order valence-electron chi connectivity index (χ2n) is 5.67. The molecule has 0 spiro atoms. The molecule has 0 bridgehead atoms. The summed E-state index contributed by atoms with van der Waals surface area (Å²) in [7, 11) is -1.45. The van der Waals surface area contributed by atoms with E-state index in [0.29, 0.717) is 5.92 Å². The molecule has 0 saturated heterocycles. The standard InChI is InChI=1S/C12H21NOSSi/c1-8(2)6-9-7-10(11(13)14)12(15-9)16(3,4)5/h7-8H,6H2,1-5H3,(H2,13,14). The third kappa shape index (κ3) is 3.19. The fraction of sp³-hybridized carbons (Fsp3) is 0.583. The summed E-state index contributed by atoms with van der Waals surface area (Å²) in [4.78, 5) is 12.7. The summed E-state index contributed by atoms with van der Waals surface area (Å²) in [6.45, 7) is 11.1.